The first-order valence-electron chi connectivity index (χ1n) is 8.39. The number of furan rings is 1. The largest absolute Gasteiger partial charge is 0.463 e. The van der Waals surface area contributed by atoms with Crippen molar-refractivity contribution in [3.8, 4) is 11.5 Å². The van der Waals surface area contributed by atoms with E-state index in [2.05, 4.69) is 15.1 Å². The second-order valence-electron chi connectivity index (χ2n) is 6.34. The van der Waals surface area contributed by atoms with Gasteiger partial charge in [-0.15, -0.1) is 0 Å². The van der Waals surface area contributed by atoms with Crippen LogP contribution in [0.15, 0.2) is 47.6 Å². The maximum atomic E-state index is 13.1. The summed E-state index contributed by atoms with van der Waals surface area (Å²) in [5.41, 5.74) is 7.15. The van der Waals surface area contributed by atoms with E-state index in [0.29, 0.717) is 18.0 Å². The molecule has 28 heavy (non-hydrogen) atoms. The fraction of sp³-hybridized carbons (Fsp3) is 0.167. The predicted octanol–water partition coefficient (Wildman–Crippen LogP) is 1.09. The van der Waals surface area contributed by atoms with Crippen molar-refractivity contribution in [2.75, 3.05) is 7.05 Å². The van der Waals surface area contributed by atoms with Gasteiger partial charge in [0.15, 0.2) is 17.1 Å². The Hall–Kier alpha value is -3.95. The third-order valence-corrected chi connectivity index (χ3v) is 4.25. The van der Waals surface area contributed by atoms with Crippen molar-refractivity contribution < 1.29 is 14.0 Å². The zero-order valence-corrected chi connectivity index (χ0v) is 15.2. The molecule has 0 unspecified atom stereocenters. The Morgan fingerprint density at radius 3 is 2.82 bits per heavy atom. The number of hydrogen-bond acceptors (Lipinski definition) is 6. The topological polar surface area (TPSA) is 125 Å². The smallest absolute Gasteiger partial charge is 0.271 e. The average Bonchev–Trinajstić information content (AvgIpc) is 3.40. The molecule has 0 aliphatic rings. The molecule has 0 aromatic carbocycles. The van der Waals surface area contributed by atoms with Crippen molar-refractivity contribution in [2.45, 2.75) is 6.54 Å². The lowest BCUT2D eigenvalue weighted by molar-refractivity contribution is 0.0777. The lowest BCUT2D eigenvalue weighted by Gasteiger charge is -2.17. The number of nitrogens with two attached hydrogens (primary N) is 1. The standard InChI is InChI=1S/C18H17N7O3/c1-23(8-11-7-21-24(2)9-11)18(27)13-6-12(14-4-3-5-28-14)22-17-15(16(19)26)20-10-25(13)17/h3-7,9-10H,8H2,1-2H3,(H2,19,26). The maximum Gasteiger partial charge on any atom is 0.271 e. The van der Waals surface area contributed by atoms with Gasteiger partial charge in [-0.2, -0.15) is 5.10 Å². The van der Waals surface area contributed by atoms with Gasteiger partial charge >= 0.3 is 0 Å². The highest BCUT2D eigenvalue weighted by Crippen LogP contribution is 2.22. The van der Waals surface area contributed by atoms with Crippen LogP contribution in [0, 0.1) is 0 Å². The minimum atomic E-state index is -0.728. The number of fused-ring (bicyclic) bond motifs is 1. The first-order chi connectivity index (χ1) is 13.4. The molecule has 4 heterocycles. The Morgan fingerprint density at radius 2 is 2.18 bits per heavy atom. The van der Waals surface area contributed by atoms with Crippen molar-refractivity contribution in [1.29, 1.82) is 0 Å². The lowest BCUT2D eigenvalue weighted by Crippen LogP contribution is -2.28. The molecule has 2 amide bonds. The summed E-state index contributed by atoms with van der Waals surface area (Å²) in [6, 6.07) is 5.02. The van der Waals surface area contributed by atoms with E-state index in [4.69, 9.17) is 10.2 Å². The van der Waals surface area contributed by atoms with Gasteiger partial charge in [0.1, 0.15) is 17.7 Å². The van der Waals surface area contributed by atoms with Crippen molar-refractivity contribution >= 4 is 17.5 Å². The van der Waals surface area contributed by atoms with Gasteiger partial charge < -0.3 is 15.1 Å². The van der Waals surface area contributed by atoms with Gasteiger partial charge in [-0.05, 0) is 18.2 Å². The SMILES string of the molecule is CN(Cc1cnn(C)c1)C(=O)c1cc(-c2ccco2)nc2c(C(N)=O)ncn12. The molecule has 0 atom stereocenters. The Kier molecular flexibility index (Phi) is 4.15. The minimum Gasteiger partial charge on any atom is -0.463 e. The number of aromatic nitrogens is 5. The summed E-state index contributed by atoms with van der Waals surface area (Å²) in [7, 11) is 3.49. The van der Waals surface area contributed by atoms with Crippen LogP contribution in [0.1, 0.15) is 26.5 Å². The molecular formula is C18H17N7O3. The minimum absolute atomic E-state index is 0.0163. The zero-order chi connectivity index (χ0) is 19.8. The molecular weight excluding hydrogens is 362 g/mol. The second-order valence-corrected chi connectivity index (χ2v) is 6.34. The molecule has 0 aliphatic heterocycles. The summed E-state index contributed by atoms with van der Waals surface area (Å²) in [6.45, 7) is 0.365. The molecule has 4 aromatic heterocycles. The predicted molar refractivity (Wildman–Crippen MR) is 98.2 cm³/mol. The van der Waals surface area contributed by atoms with Crippen molar-refractivity contribution in [3.05, 3.63) is 60.1 Å². The molecule has 4 aromatic rings. The summed E-state index contributed by atoms with van der Waals surface area (Å²) in [4.78, 5) is 34.8. The Bertz CT molecular complexity index is 1170. The second kappa shape index (κ2) is 6.65. The molecule has 0 saturated heterocycles. The van der Waals surface area contributed by atoms with Crippen molar-refractivity contribution in [3.63, 3.8) is 0 Å². The number of amides is 2. The van der Waals surface area contributed by atoms with Crippen LogP contribution < -0.4 is 5.73 Å². The Morgan fingerprint density at radius 1 is 1.36 bits per heavy atom. The molecule has 4 rings (SSSR count). The number of aryl methyl sites for hydroxylation is 1. The van der Waals surface area contributed by atoms with Crippen LogP contribution in [0.2, 0.25) is 0 Å². The molecule has 0 spiro atoms. The van der Waals surface area contributed by atoms with Gasteiger partial charge in [-0.1, -0.05) is 0 Å². The molecule has 10 heteroatoms. The van der Waals surface area contributed by atoms with Crippen LogP contribution in [-0.4, -0.2) is 47.9 Å². The molecule has 0 fully saturated rings. The van der Waals surface area contributed by atoms with Crippen LogP contribution in [0.3, 0.4) is 0 Å². The number of rotatable bonds is 5. The highest BCUT2D eigenvalue weighted by Gasteiger charge is 2.22. The number of nitrogens with zero attached hydrogens (tertiary/aromatic N) is 6. The molecule has 10 nitrogen and oxygen atoms in total. The Labute approximate surface area is 159 Å². The Balaban J connectivity index is 1.80. The van der Waals surface area contributed by atoms with Gasteiger partial charge in [0, 0.05) is 32.4 Å². The highest BCUT2D eigenvalue weighted by atomic mass is 16.3. The van der Waals surface area contributed by atoms with Crippen LogP contribution >= 0.6 is 0 Å². The lowest BCUT2D eigenvalue weighted by atomic mass is 10.2. The number of primary amides is 1. The first-order valence-corrected chi connectivity index (χ1v) is 8.39. The van der Waals surface area contributed by atoms with Gasteiger partial charge in [0.05, 0.1) is 12.5 Å². The normalized spacial score (nSPS) is 11.1. The molecule has 0 radical (unpaired) electrons. The zero-order valence-electron chi connectivity index (χ0n) is 15.2. The third kappa shape index (κ3) is 3.00. The fourth-order valence-electron chi connectivity index (χ4n) is 2.95. The van der Waals surface area contributed by atoms with Crippen LogP contribution in [0.4, 0.5) is 0 Å². The summed E-state index contributed by atoms with van der Waals surface area (Å²) >= 11 is 0. The summed E-state index contributed by atoms with van der Waals surface area (Å²) in [5.74, 6) is -0.547. The maximum absolute atomic E-state index is 13.1. The van der Waals surface area contributed by atoms with Crippen molar-refractivity contribution in [2.24, 2.45) is 12.8 Å². The summed E-state index contributed by atoms with van der Waals surface area (Å²) < 4.78 is 8.52. The average molecular weight is 379 g/mol. The summed E-state index contributed by atoms with van der Waals surface area (Å²) in [5, 5.41) is 4.11. The van der Waals surface area contributed by atoms with E-state index >= 15 is 0 Å². The molecule has 0 saturated carbocycles. The third-order valence-electron chi connectivity index (χ3n) is 4.25. The van der Waals surface area contributed by atoms with Crippen LogP contribution in [0.25, 0.3) is 17.1 Å². The van der Waals surface area contributed by atoms with E-state index in [1.807, 2.05) is 13.2 Å². The quantitative estimate of drug-likeness (QED) is 0.553. The monoisotopic (exact) mass is 379 g/mol. The van der Waals surface area contributed by atoms with E-state index in [1.54, 1.807) is 41.0 Å². The van der Waals surface area contributed by atoms with Crippen molar-refractivity contribution in [1.82, 2.24) is 29.0 Å². The van der Waals surface area contributed by atoms with E-state index in [9.17, 15) is 9.59 Å². The molecule has 0 bridgehead atoms. The van der Waals surface area contributed by atoms with Crippen LogP contribution in [0.5, 0.6) is 0 Å². The highest BCUT2D eigenvalue weighted by molar-refractivity contribution is 5.99. The van der Waals surface area contributed by atoms with E-state index in [-0.39, 0.29) is 22.9 Å². The van der Waals surface area contributed by atoms with Gasteiger partial charge in [0.2, 0.25) is 0 Å². The number of imidazole rings is 1. The fourth-order valence-corrected chi connectivity index (χ4v) is 2.95. The van der Waals surface area contributed by atoms with E-state index < -0.39 is 5.91 Å². The first kappa shape index (κ1) is 17.5. The van der Waals surface area contributed by atoms with E-state index in [0.717, 1.165) is 5.56 Å². The molecule has 0 aliphatic carbocycles. The summed E-state index contributed by atoms with van der Waals surface area (Å²) in [6.07, 6.45) is 6.40. The van der Waals surface area contributed by atoms with Gasteiger partial charge in [0.25, 0.3) is 11.8 Å². The van der Waals surface area contributed by atoms with Crippen LogP contribution in [-0.2, 0) is 13.6 Å². The van der Waals surface area contributed by atoms with Gasteiger partial charge in [-0.3, -0.25) is 18.7 Å². The van der Waals surface area contributed by atoms with E-state index in [1.165, 1.54) is 17.0 Å². The number of hydrogen-bond donors (Lipinski definition) is 1. The number of carbonyl (C=O) groups excluding carboxylic acids is 2. The molecule has 2 N–H and O–H groups in total. The number of carbonyl (C=O) groups is 2. The molecule has 142 valence electrons. The van der Waals surface area contributed by atoms with Gasteiger partial charge in [-0.25, -0.2) is 9.97 Å².